The van der Waals surface area contributed by atoms with Gasteiger partial charge in [-0.05, 0) is 68.5 Å². The molecule has 3 rings (SSSR count). The molecule has 344 valence electrons. The van der Waals surface area contributed by atoms with Crippen molar-refractivity contribution in [3.63, 3.8) is 0 Å². The van der Waals surface area contributed by atoms with Crippen LogP contribution in [-0.2, 0) is 22.8 Å². The van der Waals surface area contributed by atoms with E-state index in [0.717, 1.165) is 64.4 Å². The summed E-state index contributed by atoms with van der Waals surface area (Å²) in [6, 6.07) is 32.2. The SMILES string of the molecule is CCCCCCCCCCNC(=O)C[O+](CCCCCC[P+](CC(=O)NCCCCCCCCCC)(c1ccccc1)c1ccccc1)Pc1ccccc1.COC.COCl. The number of hydrogen-bond acceptors (Lipinski definition) is 4. The average Bonchev–Trinajstić information content (AvgIpc) is 3.27. The highest BCUT2D eigenvalue weighted by Gasteiger charge is 2.44. The summed E-state index contributed by atoms with van der Waals surface area (Å²) in [6.45, 7) is 7.26. The molecule has 0 aliphatic rings. The van der Waals surface area contributed by atoms with Gasteiger partial charge in [0.1, 0.15) is 12.8 Å². The van der Waals surface area contributed by atoms with Crippen LogP contribution < -0.4 is 26.5 Å². The number of halogens is 1. The number of carbonyl (C=O) groups is 2. The summed E-state index contributed by atoms with van der Waals surface area (Å²) < 4.78 is 11.3. The van der Waals surface area contributed by atoms with Gasteiger partial charge in [-0.3, -0.25) is 13.9 Å². The minimum Gasteiger partial charge on any atom is -0.404 e. The molecule has 61 heavy (non-hydrogen) atoms. The lowest BCUT2D eigenvalue weighted by Gasteiger charge is -2.27. The van der Waals surface area contributed by atoms with E-state index in [2.05, 4.69) is 134 Å². The normalized spacial score (nSPS) is 11.2. The fourth-order valence-electron chi connectivity index (χ4n) is 7.42. The van der Waals surface area contributed by atoms with E-state index in [0.29, 0.717) is 21.6 Å². The number of methoxy groups -OCH3 is 1. The maximum Gasteiger partial charge on any atom is 0.296 e. The van der Waals surface area contributed by atoms with Crippen molar-refractivity contribution in [1.29, 1.82) is 0 Å². The Bertz CT molecular complexity index is 1380. The Hall–Kier alpha value is -2.37. The number of carbonyl (C=O) groups excluding carboxylic acids is 2. The molecule has 7 nitrogen and oxygen atoms in total. The molecule has 0 bridgehead atoms. The predicted octanol–water partition coefficient (Wildman–Crippen LogP) is 12.2. The van der Waals surface area contributed by atoms with Crippen molar-refractivity contribution in [3.05, 3.63) is 91.0 Å². The second-order valence-electron chi connectivity index (χ2n) is 16.0. The molecule has 1 atom stereocenters. The number of unbranched alkanes of at least 4 members (excludes halogenated alkanes) is 17. The van der Waals surface area contributed by atoms with Crippen LogP contribution in [0.25, 0.3) is 0 Å². The van der Waals surface area contributed by atoms with Crippen LogP contribution in [0, 0.1) is 0 Å². The van der Waals surface area contributed by atoms with Crippen molar-refractivity contribution in [2.75, 3.05) is 60.0 Å². The first-order valence-electron chi connectivity index (χ1n) is 23.5. The van der Waals surface area contributed by atoms with E-state index in [4.69, 9.17) is 0 Å². The van der Waals surface area contributed by atoms with Gasteiger partial charge in [0.05, 0.1) is 48.3 Å². The summed E-state index contributed by atoms with van der Waals surface area (Å²) in [5.74, 6) is 0.302. The molecule has 0 heterocycles. The summed E-state index contributed by atoms with van der Waals surface area (Å²) in [5, 5.41) is 10.4. The summed E-state index contributed by atoms with van der Waals surface area (Å²) in [4.78, 5) is 26.7. The van der Waals surface area contributed by atoms with Crippen LogP contribution in [0.2, 0.25) is 0 Å². The lowest BCUT2D eigenvalue weighted by atomic mass is 10.1. The Morgan fingerprint density at radius 1 is 0.557 bits per heavy atom. The Labute approximate surface area is 380 Å². The molecule has 3 aromatic carbocycles. The highest BCUT2D eigenvalue weighted by atomic mass is 35.5. The average molecular weight is 904 g/mol. The van der Waals surface area contributed by atoms with Gasteiger partial charge in [-0.15, -0.1) is 0 Å². The Balaban J connectivity index is 0.00000292. The molecule has 10 heteroatoms. The van der Waals surface area contributed by atoms with Crippen LogP contribution in [-0.4, -0.2) is 71.8 Å². The molecule has 3 aromatic rings. The minimum atomic E-state index is -1.97. The smallest absolute Gasteiger partial charge is 0.296 e. The van der Waals surface area contributed by atoms with Crippen molar-refractivity contribution in [2.24, 2.45) is 0 Å². The van der Waals surface area contributed by atoms with Crippen molar-refractivity contribution in [2.45, 2.75) is 142 Å². The highest BCUT2D eigenvalue weighted by molar-refractivity contribution is 7.90. The monoisotopic (exact) mass is 903 g/mol. The van der Waals surface area contributed by atoms with E-state index < -0.39 is 7.26 Å². The van der Waals surface area contributed by atoms with Crippen LogP contribution in [0.3, 0.4) is 0 Å². The minimum absolute atomic E-state index is 0.109. The maximum atomic E-state index is 13.7. The third kappa shape index (κ3) is 28.8. The van der Waals surface area contributed by atoms with Gasteiger partial charge >= 0.3 is 0 Å². The molecule has 0 aliphatic carbocycles. The second-order valence-corrected chi connectivity index (χ2v) is 21.4. The Kier molecular flexibility index (Phi) is 37.5. The van der Waals surface area contributed by atoms with E-state index in [9.17, 15) is 9.59 Å². The van der Waals surface area contributed by atoms with Crippen molar-refractivity contribution >= 4 is 55.7 Å². The molecule has 0 saturated heterocycles. The first-order valence-corrected chi connectivity index (χ1v) is 26.8. The fraction of sp³-hybridized carbons (Fsp3) is 0.608. The molecule has 1 unspecified atom stereocenters. The third-order valence-corrected chi connectivity index (χ3v) is 16.3. The topological polar surface area (TPSA) is 79.4 Å². The fourth-order valence-corrected chi connectivity index (χ4v) is 12.7. The Morgan fingerprint density at radius 3 is 1.39 bits per heavy atom. The number of ether oxygens (including phenoxy) is 1. The van der Waals surface area contributed by atoms with E-state index in [1.165, 1.54) is 113 Å². The van der Waals surface area contributed by atoms with Gasteiger partial charge in [0, 0.05) is 33.7 Å². The third-order valence-electron chi connectivity index (χ3n) is 10.6. The van der Waals surface area contributed by atoms with E-state index in [1.54, 1.807) is 14.2 Å². The summed E-state index contributed by atoms with van der Waals surface area (Å²) >= 11 is 4.50. The first-order chi connectivity index (χ1) is 29.9. The number of hydrogen-bond donors (Lipinski definition) is 2. The van der Waals surface area contributed by atoms with Crippen LogP contribution in [0.4, 0.5) is 0 Å². The lowest BCUT2D eigenvalue weighted by Crippen LogP contribution is -2.36. The zero-order valence-corrected chi connectivity index (χ0v) is 41.6. The van der Waals surface area contributed by atoms with Crippen molar-refractivity contribution < 1.29 is 22.8 Å². The maximum absolute atomic E-state index is 13.7. The number of benzene rings is 3. The van der Waals surface area contributed by atoms with Crippen LogP contribution >= 0.6 is 27.9 Å². The van der Waals surface area contributed by atoms with Crippen LogP contribution in [0.15, 0.2) is 91.0 Å². The number of amides is 2. The van der Waals surface area contributed by atoms with Crippen molar-refractivity contribution in [1.82, 2.24) is 10.6 Å². The van der Waals surface area contributed by atoms with E-state index >= 15 is 0 Å². The molecular weight excluding hydrogens is 818 g/mol. The van der Waals surface area contributed by atoms with Gasteiger partial charge in [-0.25, -0.2) is 0 Å². The summed E-state index contributed by atoms with van der Waals surface area (Å²) in [5.41, 5.74) is 0. The molecule has 0 aliphatic heterocycles. The van der Waals surface area contributed by atoms with Crippen LogP contribution in [0.1, 0.15) is 142 Å². The highest BCUT2D eigenvalue weighted by Crippen LogP contribution is 2.57. The number of rotatable bonds is 33. The molecule has 2 N–H and O–H groups in total. The zero-order valence-electron chi connectivity index (χ0n) is 38.9. The predicted molar refractivity (Wildman–Crippen MR) is 270 cm³/mol. The van der Waals surface area contributed by atoms with Gasteiger partial charge in [-0.1, -0.05) is 158 Å². The van der Waals surface area contributed by atoms with Gasteiger partial charge in [-0.2, -0.15) is 0 Å². The number of nitrogens with one attached hydrogen (secondary N) is 2. The zero-order chi connectivity index (χ0) is 44.5. The molecule has 2 amide bonds. The van der Waals surface area contributed by atoms with Crippen molar-refractivity contribution in [3.8, 4) is 0 Å². The van der Waals surface area contributed by atoms with Crippen LogP contribution in [0.5, 0.6) is 0 Å². The lowest BCUT2D eigenvalue weighted by molar-refractivity contribution is -0.129. The van der Waals surface area contributed by atoms with Gasteiger partial charge in [0.2, 0.25) is 15.4 Å². The largest absolute Gasteiger partial charge is 0.404 e. The van der Waals surface area contributed by atoms with E-state index in [-0.39, 0.29) is 11.8 Å². The molecule has 0 fully saturated rings. The molecular formula is C51H85ClN2O5P2+2. The molecule has 0 spiro atoms. The summed E-state index contributed by atoms with van der Waals surface area (Å²) in [7, 11) is 3.07. The quantitative estimate of drug-likeness (QED) is 0.0363. The molecule has 0 aromatic heterocycles. The second kappa shape index (κ2) is 40.4. The van der Waals surface area contributed by atoms with Gasteiger partial charge < -0.3 is 19.5 Å². The van der Waals surface area contributed by atoms with Gasteiger partial charge in [0.15, 0.2) is 0 Å². The molecule has 0 radical (unpaired) electrons. The standard InChI is InChI=1S/C48H74N2O3P2.C2H6O.CH3ClO/c1-3-5-7-9-11-13-15-28-38-49-47(51)42-53(54-44-32-22-19-23-33-44)40-30-17-18-31-41-55(45-34-24-20-25-35-45,46-36-26-21-27-37-46)43-48(52)50-39-29-16-14-12-10-8-6-4-2;2*1-3-2/h19-27,32-37,54H,3-18,28-31,38-43H2,1-2H3;1-2H3;1H3/p+2. The first kappa shape index (κ1) is 56.6. The van der Waals surface area contributed by atoms with Gasteiger partial charge in [0.25, 0.3) is 11.8 Å². The Morgan fingerprint density at radius 2 is 0.934 bits per heavy atom. The summed E-state index contributed by atoms with van der Waals surface area (Å²) in [6.07, 6.45) is 26.2. The molecule has 0 saturated carbocycles. The van der Waals surface area contributed by atoms with E-state index in [1.807, 2.05) is 6.07 Å².